The lowest BCUT2D eigenvalue weighted by molar-refractivity contribution is 0.673. The Morgan fingerprint density at radius 2 is 1.12 bits per heavy atom. The number of furan rings is 1. The SMILES string of the molecule is c1ccc(-c2nc(-c3cccc4c3oc3c5ccccc5c(-c5ccccc5)cc43)c3sc4ccccc4c3n2)cc1. The van der Waals surface area contributed by atoms with Crippen LogP contribution in [0.4, 0.5) is 0 Å². The zero-order valence-electron chi connectivity index (χ0n) is 22.4. The van der Waals surface area contributed by atoms with Crippen LogP contribution in [-0.2, 0) is 0 Å². The summed E-state index contributed by atoms with van der Waals surface area (Å²) in [5, 5.41) is 5.62. The highest BCUT2D eigenvalue weighted by molar-refractivity contribution is 7.26. The zero-order chi connectivity index (χ0) is 27.6. The summed E-state index contributed by atoms with van der Waals surface area (Å²) < 4.78 is 9.12. The first-order chi connectivity index (χ1) is 20.8. The minimum absolute atomic E-state index is 0.714. The third-order valence-electron chi connectivity index (χ3n) is 8.10. The predicted octanol–water partition coefficient (Wildman–Crippen LogP) is 10.9. The molecule has 0 saturated heterocycles. The van der Waals surface area contributed by atoms with Gasteiger partial charge in [0.15, 0.2) is 5.82 Å². The smallest absolute Gasteiger partial charge is 0.160 e. The van der Waals surface area contributed by atoms with Crippen LogP contribution in [0.5, 0.6) is 0 Å². The minimum Gasteiger partial charge on any atom is -0.455 e. The van der Waals surface area contributed by atoms with Crippen molar-refractivity contribution in [1.82, 2.24) is 9.97 Å². The Balaban J connectivity index is 1.39. The lowest BCUT2D eigenvalue weighted by atomic mass is 9.95. The van der Waals surface area contributed by atoms with E-state index in [1.54, 1.807) is 11.3 Å². The van der Waals surface area contributed by atoms with Crippen LogP contribution in [0.1, 0.15) is 0 Å². The highest BCUT2D eigenvalue weighted by Gasteiger charge is 2.21. The van der Waals surface area contributed by atoms with Crippen LogP contribution in [0.2, 0.25) is 0 Å². The number of fused-ring (bicyclic) bond motifs is 8. The summed E-state index contributed by atoms with van der Waals surface area (Å²) >= 11 is 1.74. The van der Waals surface area contributed by atoms with Gasteiger partial charge >= 0.3 is 0 Å². The summed E-state index contributed by atoms with van der Waals surface area (Å²) in [5.74, 6) is 0.714. The number of nitrogens with zero attached hydrogens (tertiary/aromatic N) is 2. The molecule has 3 aromatic heterocycles. The summed E-state index contributed by atoms with van der Waals surface area (Å²) in [6.07, 6.45) is 0. The van der Waals surface area contributed by atoms with Crippen molar-refractivity contribution in [2.45, 2.75) is 0 Å². The Bertz CT molecular complexity index is 2460. The monoisotopic (exact) mass is 554 g/mol. The van der Waals surface area contributed by atoms with Gasteiger partial charge in [-0.2, -0.15) is 0 Å². The molecule has 0 radical (unpaired) electrons. The van der Waals surface area contributed by atoms with E-state index >= 15 is 0 Å². The highest BCUT2D eigenvalue weighted by atomic mass is 32.1. The average molecular weight is 555 g/mol. The molecule has 0 aliphatic carbocycles. The second kappa shape index (κ2) is 9.10. The largest absolute Gasteiger partial charge is 0.455 e. The predicted molar refractivity (Wildman–Crippen MR) is 176 cm³/mol. The standard InChI is InChI=1S/C38H22N2OS/c1-3-12-23(13-4-1)30-22-31-27-19-11-20-29(35(27)41-36(31)26-17-8-7-16-25(26)30)34-37-33(28-18-9-10-21-32(28)42-37)39-38(40-34)24-14-5-2-6-15-24/h1-22H. The van der Waals surface area contributed by atoms with E-state index in [-0.39, 0.29) is 0 Å². The number of benzene rings is 6. The second-order valence-corrected chi connectivity index (χ2v) is 11.6. The number of para-hydroxylation sites is 1. The molecule has 0 unspecified atom stereocenters. The van der Waals surface area contributed by atoms with E-state index in [9.17, 15) is 0 Å². The summed E-state index contributed by atoms with van der Waals surface area (Å²) in [4.78, 5) is 10.3. The normalized spacial score (nSPS) is 11.8. The zero-order valence-corrected chi connectivity index (χ0v) is 23.2. The van der Waals surface area contributed by atoms with Crippen molar-refractivity contribution in [3.63, 3.8) is 0 Å². The molecule has 42 heavy (non-hydrogen) atoms. The molecule has 3 nitrogen and oxygen atoms in total. The van der Waals surface area contributed by atoms with Gasteiger partial charge in [0.1, 0.15) is 11.2 Å². The molecular formula is C38H22N2OS. The fourth-order valence-electron chi connectivity index (χ4n) is 6.15. The maximum Gasteiger partial charge on any atom is 0.160 e. The molecule has 9 aromatic rings. The fourth-order valence-corrected chi connectivity index (χ4v) is 7.30. The van der Waals surface area contributed by atoms with Crippen molar-refractivity contribution in [1.29, 1.82) is 0 Å². The fraction of sp³-hybridized carbons (Fsp3) is 0. The number of aromatic nitrogens is 2. The lowest BCUT2D eigenvalue weighted by Gasteiger charge is -2.08. The van der Waals surface area contributed by atoms with Crippen molar-refractivity contribution in [3.8, 4) is 33.8 Å². The molecule has 196 valence electrons. The van der Waals surface area contributed by atoms with Crippen LogP contribution in [0.25, 0.3) is 86.8 Å². The van der Waals surface area contributed by atoms with Gasteiger partial charge in [-0.25, -0.2) is 9.97 Å². The van der Waals surface area contributed by atoms with E-state index in [0.717, 1.165) is 59.7 Å². The number of thiophene rings is 1. The molecule has 3 heterocycles. The third-order valence-corrected chi connectivity index (χ3v) is 9.26. The quantitative estimate of drug-likeness (QED) is 0.218. The van der Waals surface area contributed by atoms with Gasteiger partial charge in [0, 0.05) is 37.4 Å². The van der Waals surface area contributed by atoms with Gasteiger partial charge in [0.05, 0.1) is 15.9 Å². The maximum atomic E-state index is 6.85. The summed E-state index contributed by atoms with van der Waals surface area (Å²) in [6, 6.07) is 46.5. The molecule has 0 N–H and O–H groups in total. The molecule has 0 spiro atoms. The number of rotatable bonds is 3. The topological polar surface area (TPSA) is 38.9 Å². The van der Waals surface area contributed by atoms with Crippen LogP contribution in [0.3, 0.4) is 0 Å². The first-order valence-corrected chi connectivity index (χ1v) is 14.8. The van der Waals surface area contributed by atoms with E-state index in [1.807, 2.05) is 18.2 Å². The maximum absolute atomic E-state index is 6.85. The molecule has 0 aliphatic heterocycles. The van der Waals surface area contributed by atoms with E-state index in [4.69, 9.17) is 14.4 Å². The third kappa shape index (κ3) is 3.46. The molecule has 0 saturated carbocycles. The number of hydrogen-bond acceptors (Lipinski definition) is 4. The Kier molecular flexibility index (Phi) is 5.07. The van der Waals surface area contributed by atoms with Gasteiger partial charge < -0.3 is 4.42 Å². The lowest BCUT2D eigenvalue weighted by Crippen LogP contribution is -1.93. The minimum atomic E-state index is 0.714. The van der Waals surface area contributed by atoms with Gasteiger partial charge in [-0.1, -0.05) is 115 Å². The Morgan fingerprint density at radius 1 is 0.476 bits per heavy atom. The molecule has 0 bridgehead atoms. The molecule has 4 heteroatoms. The first-order valence-electron chi connectivity index (χ1n) is 14.0. The van der Waals surface area contributed by atoms with Crippen LogP contribution in [0, 0.1) is 0 Å². The summed E-state index contributed by atoms with van der Waals surface area (Å²) in [6.45, 7) is 0. The second-order valence-electron chi connectivity index (χ2n) is 10.5. The Morgan fingerprint density at radius 3 is 1.93 bits per heavy atom. The van der Waals surface area contributed by atoms with E-state index in [0.29, 0.717) is 5.82 Å². The van der Waals surface area contributed by atoms with Crippen molar-refractivity contribution in [2.24, 2.45) is 0 Å². The van der Waals surface area contributed by atoms with Gasteiger partial charge in [0.2, 0.25) is 0 Å². The summed E-state index contributed by atoms with van der Waals surface area (Å²) in [7, 11) is 0. The molecule has 0 aliphatic rings. The van der Waals surface area contributed by atoms with Crippen molar-refractivity contribution in [2.75, 3.05) is 0 Å². The van der Waals surface area contributed by atoms with Crippen LogP contribution in [-0.4, -0.2) is 9.97 Å². The van der Waals surface area contributed by atoms with Gasteiger partial charge in [0.25, 0.3) is 0 Å². The molecule has 9 rings (SSSR count). The Hall–Kier alpha value is -5.32. The first kappa shape index (κ1) is 23.4. The number of hydrogen-bond donors (Lipinski definition) is 0. The highest BCUT2D eigenvalue weighted by Crippen LogP contribution is 2.45. The van der Waals surface area contributed by atoms with E-state index in [1.165, 1.54) is 21.2 Å². The van der Waals surface area contributed by atoms with Crippen molar-refractivity contribution < 1.29 is 4.42 Å². The summed E-state index contributed by atoms with van der Waals surface area (Å²) in [5.41, 5.74) is 7.98. The Labute approximate surface area is 245 Å². The van der Waals surface area contributed by atoms with Crippen LogP contribution >= 0.6 is 11.3 Å². The van der Waals surface area contributed by atoms with Crippen LogP contribution < -0.4 is 0 Å². The molecule has 0 atom stereocenters. The van der Waals surface area contributed by atoms with E-state index < -0.39 is 0 Å². The molecular weight excluding hydrogens is 532 g/mol. The van der Waals surface area contributed by atoms with Crippen LogP contribution in [0.15, 0.2) is 138 Å². The van der Waals surface area contributed by atoms with Crippen molar-refractivity contribution in [3.05, 3.63) is 133 Å². The molecule has 0 amide bonds. The average Bonchev–Trinajstić information content (AvgIpc) is 3.63. The van der Waals surface area contributed by atoms with Gasteiger partial charge in [-0.05, 0) is 34.7 Å². The van der Waals surface area contributed by atoms with Crippen molar-refractivity contribution >= 4 is 64.4 Å². The molecule has 6 aromatic carbocycles. The van der Waals surface area contributed by atoms with Gasteiger partial charge in [-0.15, -0.1) is 11.3 Å². The van der Waals surface area contributed by atoms with Gasteiger partial charge in [-0.3, -0.25) is 0 Å². The van der Waals surface area contributed by atoms with E-state index in [2.05, 4.69) is 115 Å². The molecule has 0 fully saturated rings.